The molecule has 7 aromatic rings. The van der Waals surface area contributed by atoms with Crippen molar-refractivity contribution >= 4 is 50.5 Å². The van der Waals surface area contributed by atoms with Crippen molar-refractivity contribution in [1.29, 1.82) is 0 Å². The molecule has 6 aromatic carbocycles. The first-order chi connectivity index (χ1) is 22.8. The van der Waals surface area contributed by atoms with Gasteiger partial charge in [0.15, 0.2) is 0 Å². The summed E-state index contributed by atoms with van der Waals surface area (Å²) < 4.78 is 16.5. The lowest BCUT2D eigenvalue weighted by Crippen LogP contribution is -2.57. The Morgan fingerprint density at radius 2 is 1.41 bits per heavy atom. The van der Waals surface area contributed by atoms with Crippen molar-refractivity contribution in [1.82, 2.24) is 4.57 Å². The summed E-state index contributed by atoms with van der Waals surface area (Å²) in [6.07, 6.45) is 7.27. The molecule has 0 saturated carbocycles. The van der Waals surface area contributed by atoms with Gasteiger partial charge < -0.3 is 14.0 Å². The highest BCUT2D eigenvalue weighted by Crippen LogP contribution is 2.45. The molecular weight excluding hydrogens is 561 g/mol. The summed E-state index contributed by atoms with van der Waals surface area (Å²) in [5, 5.41) is 2.47. The standard InChI is InChI=1S/C42H28BNO2/c1-2-3-11-28-24-26-20-21-32-31-14-7-8-19-35(31)44(37(32)25-26)36-22-23-38-39-42(36)46-41-30(28)16-10-18-34(41)43(39)33-17-9-15-29(40(33)45-38)27-12-5-4-6-13-27/h2-23,25H,24H2,1H3/b3-2-,28-11+. The molecule has 3 aliphatic rings. The average Bonchev–Trinajstić information content (AvgIpc) is 3.42. The third-order valence-electron chi connectivity index (χ3n) is 9.85. The molecule has 0 spiro atoms. The number of rotatable bonds is 2. The molecule has 0 saturated heterocycles. The van der Waals surface area contributed by atoms with Gasteiger partial charge in [0.25, 0.3) is 6.71 Å². The zero-order valence-electron chi connectivity index (χ0n) is 25.3. The first-order valence-electron chi connectivity index (χ1n) is 16.0. The number of allylic oxidation sites excluding steroid dienone is 4. The quantitative estimate of drug-likeness (QED) is 0.188. The molecule has 216 valence electrons. The topological polar surface area (TPSA) is 23.4 Å². The lowest BCUT2D eigenvalue weighted by atomic mass is 9.34. The predicted octanol–water partition coefficient (Wildman–Crippen LogP) is 8.69. The molecule has 0 unspecified atom stereocenters. The average molecular weight is 590 g/mol. The van der Waals surface area contributed by atoms with E-state index in [0.29, 0.717) is 0 Å². The molecule has 0 atom stereocenters. The second-order valence-electron chi connectivity index (χ2n) is 12.4. The zero-order chi connectivity index (χ0) is 30.4. The highest BCUT2D eigenvalue weighted by Gasteiger charge is 2.43. The fourth-order valence-electron chi connectivity index (χ4n) is 7.86. The van der Waals surface area contributed by atoms with Gasteiger partial charge in [0.2, 0.25) is 0 Å². The second-order valence-corrected chi connectivity index (χ2v) is 12.4. The van der Waals surface area contributed by atoms with Crippen molar-refractivity contribution in [2.45, 2.75) is 13.3 Å². The van der Waals surface area contributed by atoms with E-state index in [1.165, 1.54) is 27.4 Å². The smallest absolute Gasteiger partial charge is 0.260 e. The third kappa shape index (κ3) is 3.50. The van der Waals surface area contributed by atoms with Crippen LogP contribution < -0.4 is 25.9 Å². The van der Waals surface area contributed by atoms with E-state index >= 15 is 0 Å². The van der Waals surface area contributed by atoms with Crippen LogP contribution in [0.2, 0.25) is 0 Å². The number of aromatic nitrogens is 1. The van der Waals surface area contributed by atoms with E-state index in [4.69, 9.17) is 9.47 Å². The fraction of sp³-hybridized carbons (Fsp3) is 0.0476. The van der Waals surface area contributed by atoms with Gasteiger partial charge in [-0.3, -0.25) is 0 Å². The van der Waals surface area contributed by atoms with Gasteiger partial charge >= 0.3 is 0 Å². The molecule has 4 bridgehead atoms. The van der Waals surface area contributed by atoms with Gasteiger partial charge in [-0.1, -0.05) is 115 Å². The van der Waals surface area contributed by atoms with Crippen LogP contribution in [-0.2, 0) is 6.42 Å². The summed E-state index contributed by atoms with van der Waals surface area (Å²) in [7, 11) is 0. The number of nitrogens with zero attached hydrogens (tertiary/aromatic N) is 1. The molecule has 0 radical (unpaired) electrons. The Labute approximate surface area is 267 Å². The van der Waals surface area contributed by atoms with E-state index in [1.54, 1.807) is 0 Å². The Morgan fingerprint density at radius 3 is 2.26 bits per heavy atom. The van der Waals surface area contributed by atoms with Crippen molar-refractivity contribution in [3.05, 3.63) is 151 Å². The van der Waals surface area contributed by atoms with E-state index < -0.39 is 0 Å². The SMILES string of the molecule is C/C=C\C=C1/Cc2ccc3c4ccccc4n(c3c2)-c2ccc3c4c2Oc2c(cccc21)B4c1cccc(-c2ccccc2)c1O3. The number of benzene rings is 6. The third-order valence-corrected chi connectivity index (χ3v) is 9.85. The van der Waals surface area contributed by atoms with Gasteiger partial charge in [0.1, 0.15) is 23.0 Å². The van der Waals surface area contributed by atoms with Gasteiger partial charge in [-0.2, -0.15) is 0 Å². The molecule has 1 aromatic heterocycles. The van der Waals surface area contributed by atoms with Crippen LogP contribution in [0.25, 0.3) is 44.2 Å². The maximum Gasteiger partial charge on any atom is 0.260 e. The first kappa shape index (κ1) is 25.6. The van der Waals surface area contributed by atoms with Gasteiger partial charge in [0, 0.05) is 27.4 Å². The van der Waals surface area contributed by atoms with Crippen LogP contribution in [0.15, 0.2) is 140 Å². The van der Waals surface area contributed by atoms with Crippen LogP contribution in [-0.4, -0.2) is 11.3 Å². The van der Waals surface area contributed by atoms with Gasteiger partial charge in [0.05, 0.1) is 16.7 Å². The van der Waals surface area contributed by atoms with Crippen molar-refractivity contribution in [2.24, 2.45) is 0 Å². The molecule has 0 fully saturated rings. The van der Waals surface area contributed by atoms with Crippen molar-refractivity contribution in [3.63, 3.8) is 0 Å². The van der Waals surface area contributed by atoms with Gasteiger partial charge in [-0.25, -0.2) is 0 Å². The van der Waals surface area contributed by atoms with Crippen molar-refractivity contribution < 1.29 is 9.47 Å². The largest absolute Gasteiger partial charge is 0.458 e. The summed E-state index contributed by atoms with van der Waals surface area (Å²) in [5.41, 5.74) is 12.6. The van der Waals surface area contributed by atoms with E-state index in [9.17, 15) is 0 Å². The van der Waals surface area contributed by atoms with Gasteiger partial charge in [-0.15, -0.1) is 0 Å². The Hall–Kier alpha value is -5.74. The summed E-state index contributed by atoms with van der Waals surface area (Å²) in [6, 6.07) is 43.7. The fourth-order valence-corrected chi connectivity index (χ4v) is 7.86. The van der Waals surface area contributed by atoms with E-state index in [-0.39, 0.29) is 6.71 Å². The Kier molecular flexibility index (Phi) is 5.35. The minimum absolute atomic E-state index is 0.0507. The Bertz CT molecular complexity index is 2470. The number of fused-ring (bicyclic) bond motifs is 8. The minimum Gasteiger partial charge on any atom is -0.458 e. The number of para-hydroxylation sites is 3. The lowest BCUT2D eigenvalue weighted by Gasteiger charge is -2.35. The number of hydrogen-bond donors (Lipinski definition) is 0. The van der Waals surface area contributed by atoms with Crippen LogP contribution in [0, 0.1) is 0 Å². The van der Waals surface area contributed by atoms with Crippen molar-refractivity contribution in [2.75, 3.05) is 0 Å². The van der Waals surface area contributed by atoms with Crippen molar-refractivity contribution in [3.8, 4) is 39.8 Å². The summed E-state index contributed by atoms with van der Waals surface area (Å²) in [5.74, 6) is 3.54. The van der Waals surface area contributed by atoms with Crippen LogP contribution in [0.3, 0.4) is 0 Å². The molecule has 3 nitrogen and oxygen atoms in total. The normalized spacial score (nSPS) is 14.8. The van der Waals surface area contributed by atoms with Crippen LogP contribution in [0.4, 0.5) is 0 Å². The molecule has 46 heavy (non-hydrogen) atoms. The lowest BCUT2D eigenvalue weighted by molar-refractivity contribution is 0.463. The van der Waals surface area contributed by atoms with E-state index in [1.807, 2.05) is 0 Å². The van der Waals surface area contributed by atoms with Crippen LogP contribution in [0.5, 0.6) is 23.0 Å². The molecule has 0 amide bonds. The molecular formula is C42H28BNO2. The molecule has 0 N–H and O–H groups in total. The summed E-state index contributed by atoms with van der Waals surface area (Å²) in [6.45, 7) is 2.02. The maximum atomic E-state index is 7.22. The maximum absolute atomic E-state index is 7.22. The Balaban J connectivity index is 1.35. The number of ether oxygens (including phenoxy) is 2. The molecule has 10 rings (SSSR count). The Morgan fingerprint density at radius 1 is 0.652 bits per heavy atom. The minimum atomic E-state index is -0.0507. The highest BCUT2D eigenvalue weighted by molar-refractivity contribution is 6.98. The highest BCUT2D eigenvalue weighted by atomic mass is 16.5. The van der Waals surface area contributed by atoms with E-state index in [0.717, 1.165) is 73.7 Å². The van der Waals surface area contributed by atoms with Gasteiger partial charge in [-0.05, 0) is 65.2 Å². The summed E-state index contributed by atoms with van der Waals surface area (Å²) >= 11 is 0. The van der Waals surface area contributed by atoms with Crippen LogP contribution >= 0.6 is 0 Å². The van der Waals surface area contributed by atoms with Crippen LogP contribution in [0.1, 0.15) is 18.1 Å². The molecule has 0 aliphatic carbocycles. The second kappa shape index (κ2) is 9.63. The summed E-state index contributed by atoms with van der Waals surface area (Å²) in [4.78, 5) is 0. The molecule has 4 heteroatoms. The molecule has 3 aliphatic heterocycles. The first-order valence-corrected chi connectivity index (χ1v) is 16.0. The molecule has 4 heterocycles. The monoisotopic (exact) mass is 589 g/mol. The zero-order valence-corrected chi connectivity index (χ0v) is 25.3. The number of hydrogen-bond acceptors (Lipinski definition) is 2. The predicted molar refractivity (Wildman–Crippen MR) is 190 cm³/mol. The van der Waals surface area contributed by atoms with E-state index in [2.05, 4.69) is 151 Å².